The molecular weight excluding hydrogens is 334 g/mol. The lowest BCUT2D eigenvalue weighted by molar-refractivity contribution is -0.139. The molecule has 2 N–H and O–H groups in total. The van der Waals surface area contributed by atoms with Crippen LogP contribution in [0.2, 0.25) is 0 Å². The molecule has 0 fully saturated rings. The Morgan fingerprint density at radius 3 is 2.35 bits per heavy atom. The van der Waals surface area contributed by atoms with Crippen LogP contribution in [0, 0.1) is 6.92 Å². The van der Waals surface area contributed by atoms with E-state index in [1.54, 1.807) is 24.3 Å². The van der Waals surface area contributed by atoms with Crippen molar-refractivity contribution in [3.8, 4) is 11.5 Å². The van der Waals surface area contributed by atoms with Crippen LogP contribution in [0.3, 0.4) is 0 Å². The van der Waals surface area contributed by atoms with Crippen LogP contribution in [0.5, 0.6) is 11.5 Å². The van der Waals surface area contributed by atoms with E-state index < -0.39 is 12.6 Å². The van der Waals surface area contributed by atoms with Crippen LogP contribution in [0.15, 0.2) is 42.5 Å². The van der Waals surface area contributed by atoms with E-state index in [0.29, 0.717) is 23.1 Å². The number of ether oxygens (including phenoxy) is 2. The van der Waals surface area contributed by atoms with E-state index in [1.807, 2.05) is 25.1 Å². The Morgan fingerprint density at radius 2 is 1.73 bits per heavy atom. The first kappa shape index (κ1) is 19.3. The van der Waals surface area contributed by atoms with Crippen molar-refractivity contribution in [1.82, 2.24) is 0 Å². The number of nitrogens with one attached hydrogen (secondary N) is 1. The molecule has 6 nitrogen and oxygen atoms in total. The van der Waals surface area contributed by atoms with Gasteiger partial charge in [0.2, 0.25) is 0 Å². The van der Waals surface area contributed by atoms with E-state index in [9.17, 15) is 9.59 Å². The Bertz CT molecular complexity index is 768. The van der Waals surface area contributed by atoms with Crippen molar-refractivity contribution in [2.75, 3.05) is 18.5 Å². The highest BCUT2D eigenvalue weighted by molar-refractivity contribution is 5.91. The third kappa shape index (κ3) is 5.81. The molecule has 0 saturated carbocycles. The minimum absolute atomic E-state index is 0.0968. The van der Waals surface area contributed by atoms with Crippen molar-refractivity contribution >= 4 is 17.6 Å². The number of amides is 1. The highest BCUT2D eigenvalue weighted by Crippen LogP contribution is 2.27. The minimum atomic E-state index is -1.04. The Hall–Kier alpha value is -3.02. The monoisotopic (exact) mass is 357 g/mol. The summed E-state index contributed by atoms with van der Waals surface area (Å²) < 4.78 is 10.7. The summed E-state index contributed by atoms with van der Waals surface area (Å²) >= 11 is 0. The van der Waals surface area contributed by atoms with Crippen molar-refractivity contribution in [2.45, 2.75) is 26.7 Å². The number of carboxylic acids is 1. The van der Waals surface area contributed by atoms with Crippen molar-refractivity contribution in [1.29, 1.82) is 0 Å². The Balaban J connectivity index is 1.91. The lowest BCUT2D eigenvalue weighted by Crippen LogP contribution is -2.20. The second kappa shape index (κ2) is 8.89. The number of carboxylic acid groups (broad SMARTS) is 1. The highest BCUT2D eigenvalue weighted by Gasteiger charge is 2.10. The van der Waals surface area contributed by atoms with Gasteiger partial charge in [-0.3, -0.25) is 4.79 Å². The maximum absolute atomic E-state index is 12.1. The maximum Gasteiger partial charge on any atom is 0.341 e. The van der Waals surface area contributed by atoms with Crippen molar-refractivity contribution < 1.29 is 24.2 Å². The van der Waals surface area contributed by atoms with E-state index in [2.05, 4.69) is 19.2 Å². The maximum atomic E-state index is 12.1. The molecule has 0 aliphatic rings. The molecule has 0 aliphatic heterocycles. The number of hydrogen-bond acceptors (Lipinski definition) is 4. The zero-order valence-electron chi connectivity index (χ0n) is 15.1. The average Bonchev–Trinajstić information content (AvgIpc) is 2.59. The fourth-order valence-electron chi connectivity index (χ4n) is 2.36. The van der Waals surface area contributed by atoms with E-state index in [1.165, 1.54) is 0 Å². The number of aryl methyl sites for hydroxylation is 1. The largest absolute Gasteiger partial charge is 0.483 e. The second-order valence-corrected chi connectivity index (χ2v) is 6.24. The summed E-state index contributed by atoms with van der Waals surface area (Å²) in [5.74, 6) is 0.111. The fourth-order valence-corrected chi connectivity index (χ4v) is 2.36. The zero-order chi connectivity index (χ0) is 19.1. The van der Waals surface area contributed by atoms with Crippen molar-refractivity contribution in [3.05, 3.63) is 53.6 Å². The van der Waals surface area contributed by atoms with Gasteiger partial charge in [-0.15, -0.1) is 0 Å². The van der Waals surface area contributed by atoms with Gasteiger partial charge in [0.1, 0.15) is 11.5 Å². The number of rotatable bonds is 8. The number of benzene rings is 2. The van der Waals surface area contributed by atoms with Gasteiger partial charge in [-0.1, -0.05) is 26.0 Å². The smallest absolute Gasteiger partial charge is 0.341 e. The predicted octanol–water partition coefficient (Wildman–Crippen LogP) is 3.60. The highest BCUT2D eigenvalue weighted by atomic mass is 16.5. The van der Waals surface area contributed by atoms with Crippen LogP contribution in [-0.4, -0.2) is 30.2 Å². The van der Waals surface area contributed by atoms with Gasteiger partial charge < -0.3 is 19.9 Å². The molecule has 2 aromatic rings. The molecule has 0 atom stereocenters. The number of anilines is 1. The number of hydrogen-bond donors (Lipinski definition) is 2. The van der Waals surface area contributed by atoms with Crippen molar-refractivity contribution in [3.63, 3.8) is 0 Å². The molecule has 0 saturated heterocycles. The van der Waals surface area contributed by atoms with Crippen LogP contribution in [0.1, 0.15) is 30.9 Å². The molecule has 6 heteroatoms. The zero-order valence-corrected chi connectivity index (χ0v) is 15.1. The van der Waals surface area contributed by atoms with E-state index >= 15 is 0 Å². The van der Waals surface area contributed by atoms with Gasteiger partial charge in [0, 0.05) is 5.69 Å². The normalized spacial score (nSPS) is 10.5. The Kier molecular flexibility index (Phi) is 6.60. The first-order valence-corrected chi connectivity index (χ1v) is 8.33. The summed E-state index contributed by atoms with van der Waals surface area (Å²) in [4.78, 5) is 22.6. The SMILES string of the molecule is Cc1ccc(C(C)C)c(OCC(=O)Nc2ccc(OCC(=O)O)cc2)c1. The molecule has 1 amide bonds. The van der Waals surface area contributed by atoms with Crippen LogP contribution in [0.25, 0.3) is 0 Å². The molecule has 0 radical (unpaired) electrons. The summed E-state index contributed by atoms with van der Waals surface area (Å²) in [7, 11) is 0. The first-order chi connectivity index (χ1) is 12.3. The van der Waals surface area contributed by atoms with Gasteiger partial charge in [-0.2, -0.15) is 0 Å². The standard InChI is InChI=1S/C20H23NO5/c1-13(2)17-9-4-14(3)10-18(17)26-11-19(22)21-15-5-7-16(8-6-15)25-12-20(23)24/h4-10,13H,11-12H2,1-3H3,(H,21,22)(H,23,24). The van der Waals surface area contributed by atoms with Crippen molar-refractivity contribution in [2.24, 2.45) is 0 Å². The topological polar surface area (TPSA) is 84.9 Å². The summed E-state index contributed by atoms with van der Waals surface area (Å²) in [5.41, 5.74) is 2.71. The van der Waals surface area contributed by atoms with Gasteiger partial charge in [-0.25, -0.2) is 4.79 Å². The van der Waals surface area contributed by atoms with Gasteiger partial charge in [0.05, 0.1) is 0 Å². The Labute approximate surface area is 152 Å². The summed E-state index contributed by atoms with van der Waals surface area (Å²) in [6, 6.07) is 12.4. The number of carbonyl (C=O) groups is 2. The summed E-state index contributed by atoms with van der Waals surface area (Å²) in [6.07, 6.45) is 0. The molecule has 0 aliphatic carbocycles. The fraction of sp³-hybridized carbons (Fsp3) is 0.300. The van der Waals surface area contributed by atoms with Gasteiger partial charge >= 0.3 is 5.97 Å². The van der Waals surface area contributed by atoms with E-state index in [0.717, 1.165) is 11.1 Å². The minimum Gasteiger partial charge on any atom is -0.483 e. The number of carbonyl (C=O) groups excluding carboxylic acids is 1. The molecule has 0 unspecified atom stereocenters. The molecule has 26 heavy (non-hydrogen) atoms. The molecule has 0 aromatic heterocycles. The molecular formula is C20H23NO5. The Morgan fingerprint density at radius 1 is 1.04 bits per heavy atom. The van der Waals surface area contributed by atoms with E-state index in [-0.39, 0.29) is 12.5 Å². The average molecular weight is 357 g/mol. The van der Waals surface area contributed by atoms with Gasteiger partial charge in [-0.05, 0) is 54.3 Å². The first-order valence-electron chi connectivity index (χ1n) is 8.33. The third-order valence-corrected chi connectivity index (χ3v) is 3.65. The lowest BCUT2D eigenvalue weighted by Gasteiger charge is -2.15. The van der Waals surface area contributed by atoms with Crippen LogP contribution >= 0.6 is 0 Å². The predicted molar refractivity (Wildman–Crippen MR) is 99.0 cm³/mol. The quantitative estimate of drug-likeness (QED) is 0.754. The van der Waals surface area contributed by atoms with Crippen LogP contribution in [-0.2, 0) is 9.59 Å². The lowest BCUT2D eigenvalue weighted by atomic mass is 10.0. The molecule has 0 heterocycles. The van der Waals surface area contributed by atoms with Gasteiger partial charge in [0.15, 0.2) is 13.2 Å². The molecule has 0 bridgehead atoms. The van der Waals surface area contributed by atoms with Gasteiger partial charge in [0.25, 0.3) is 5.91 Å². The molecule has 0 spiro atoms. The summed E-state index contributed by atoms with van der Waals surface area (Å²) in [6.45, 7) is 5.62. The molecule has 138 valence electrons. The van der Waals surface area contributed by atoms with Crippen LogP contribution < -0.4 is 14.8 Å². The summed E-state index contributed by atoms with van der Waals surface area (Å²) in [5, 5.41) is 11.3. The number of aliphatic carboxylic acids is 1. The van der Waals surface area contributed by atoms with E-state index in [4.69, 9.17) is 14.6 Å². The van der Waals surface area contributed by atoms with Crippen LogP contribution in [0.4, 0.5) is 5.69 Å². The second-order valence-electron chi connectivity index (χ2n) is 6.24. The molecule has 2 aromatic carbocycles. The third-order valence-electron chi connectivity index (χ3n) is 3.65. The molecule has 2 rings (SSSR count).